The third-order valence-electron chi connectivity index (χ3n) is 4.01. The first-order valence-electron chi connectivity index (χ1n) is 8.11. The molecular formula is C16H17N7O2. The van der Waals surface area contributed by atoms with Crippen LogP contribution in [0.5, 0.6) is 0 Å². The van der Waals surface area contributed by atoms with Crippen molar-refractivity contribution in [1.82, 2.24) is 35.7 Å². The van der Waals surface area contributed by atoms with Gasteiger partial charge in [-0.25, -0.2) is 0 Å². The van der Waals surface area contributed by atoms with Gasteiger partial charge in [0.15, 0.2) is 5.82 Å². The number of carbonyl (C=O) groups is 1. The second kappa shape index (κ2) is 6.42. The molecule has 128 valence electrons. The number of rotatable bonds is 6. The molecule has 0 unspecified atom stereocenters. The molecule has 0 radical (unpaired) electrons. The summed E-state index contributed by atoms with van der Waals surface area (Å²) < 4.78 is 5.32. The number of aromatic nitrogens is 6. The van der Waals surface area contributed by atoms with Crippen LogP contribution < -0.4 is 5.32 Å². The molecule has 0 bridgehead atoms. The van der Waals surface area contributed by atoms with E-state index in [0.717, 1.165) is 12.8 Å². The molecule has 1 fully saturated rings. The van der Waals surface area contributed by atoms with Crippen molar-refractivity contribution in [2.24, 2.45) is 5.92 Å². The van der Waals surface area contributed by atoms with E-state index in [2.05, 4.69) is 30.9 Å². The van der Waals surface area contributed by atoms with Crippen molar-refractivity contribution in [3.63, 3.8) is 0 Å². The minimum atomic E-state index is -0.245. The lowest BCUT2D eigenvalue weighted by Gasteiger charge is -2.14. The fourth-order valence-electron chi connectivity index (χ4n) is 2.61. The zero-order valence-electron chi connectivity index (χ0n) is 13.7. The van der Waals surface area contributed by atoms with Crippen LogP contribution >= 0.6 is 0 Å². The first-order chi connectivity index (χ1) is 12.2. The number of amides is 1. The smallest absolute Gasteiger partial charge is 0.251 e. The first kappa shape index (κ1) is 15.4. The molecule has 1 aromatic carbocycles. The highest BCUT2D eigenvalue weighted by Crippen LogP contribution is 2.39. The zero-order valence-corrected chi connectivity index (χ0v) is 13.7. The van der Waals surface area contributed by atoms with Crippen LogP contribution in [0.25, 0.3) is 0 Å². The molecule has 1 amide bonds. The lowest BCUT2D eigenvalue weighted by atomic mass is 10.1. The number of tetrazole rings is 1. The average molecular weight is 339 g/mol. The molecule has 4 rings (SSSR count). The summed E-state index contributed by atoms with van der Waals surface area (Å²) >= 11 is 0. The van der Waals surface area contributed by atoms with Gasteiger partial charge in [-0.1, -0.05) is 18.2 Å². The van der Waals surface area contributed by atoms with Gasteiger partial charge < -0.3 is 9.73 Å². The van der Waals surface area contributed by atoms with Crippen LogP contribution in [0.3, 0.4) is 0 Å². The second-order valence-corrected chi connectivity index (χ2v) is 6.05. The number of nitrogens with one attached hydrogen (secondary N) is 1. The summed E-state index contributed by atoms with van der Waals surface area (Å²) in [4.78, 5) is 13.8. The van der Waals surface area contributed by atoms with E-state index in [4.69, 9.17) is 4.42 Å². The molecule has 0 saturated heterocycles. The normalized spacial score (nSPS) is 15.1. The van der Waals surface area contributed by atoms with Gasteiger partial charge in [0.2, 0.25) is 11.8 Å². The van der Waals surface area contributed by atoms with Crippen LogP contribution in [0, 0.1) is 12.8 Å². The number of hydrogen-bond acceptors (Lipinski definition) is 7. The van der Waals surface area contributed by atoms with E-state index < -0.39 is 0 Å². The molecule has 2 heterocycles. The molecule has 3 aromatic rings. The van der Waals surface area contributed by atoms with E-state index in [-0.39, 0.29) is 18.5 Å². The van der Waals surface area contributed by atoms with Crippen LogP contribution in [-0.4, -0.2) is 36.3 Å². The quantitative estimate of drug-likeness (QED) is 0.720. The lowest BCUT2D eigenvalue weighted by molar-refractivity contribution is 0.0929. The zero-order chi connectivity index (χ0) is 17.2. The molecule has 2 aromatic heterocycles. The van der Waals surface area contributed by atoms with Crippen molar-refractivity contribution in [3.8, 4) is 0 Å². The Morgan fingerprint density at radius 2 is 2.08 bits per heavy atom. The SMILES string of the molecule is Cc1nnc(Cn2nnc([C@H](NC(=O)c3ccccc3)C3CC3)n2)o1. The maximum Gasteiger partial charge on any atom is 0.251 e. The molecule has 9 heteroatoms. The summed E-state index contributed by atoms with van der Waals surface area (Å²) in [5.74, 6) is 1.61. The van der Waals surface area contributed by atoms with Crippen LogP contribution in [0.2, 0.25) is 0 Å². The Kier molecular flexibility index (Phi) is 3.96. The number of aryl methyl sites for hydroxylation is 1. The van der Waals surface area contributed by atoms with Gasteiger partial charge in [0.1, 0.15) is 6.54 Å². The molecule has 0 aliphatic heterocycles. The molecule has 1 N–H and O–H groups in total. The lowest BCUT2D eigenvalue weighted by Crippen LogP contribution is -2.30. The number of nitrogens with zero attached hydrogens (tertiary/aromatic N) is 6. The van der Waals surface area contributed by atoms with E-state index in [0.29, 0.717) is 29.1 Å². The summed E-state index contributed by atoms with van der Waals surface area (Å²) in [7, 11) is 0. The van der Waals surface area contributed by atoms with Gasteiger partial charge in [0.05, 0.1) is 6.04 Å². The van der Waals surface area contributed by atoms with Gasteiger partial charge >= 0.3 is 0 Å². The van der Waals surface area contributed by atoms with Gasteiger partial charge in [-0.15, -0.1) is 20.4 Å². The largest absolute Gasteiger partial charge is 0.423 e. The predicted octanol–water partition coefficient (Wildman–Crippen LogP) is 1.29. The highest BCUT2D eigenvalue weighted by atomic mass is 16.4. The Hall–Kier alpha value is -3.10. The fourth-order valence-corrected chi connectivity index (χ4v) is 2.61. The highest BCUT2D eigenvalue weighted by molar-refractivity contribution is 5.94. The molecule has 1 atom stereocenters. The van der Waals surface area contributed by atoms with Gasteiger partial charge in [-0.3, -0.25) is 4.79 Å². The summed E-state index contributed by atoms with van der Waals surface area (Å²) in [6.45, 7) is 1.97. The molecular weight excluding hydrogens is 322 g/mol. The third kappa shape index (κ3) is 3.54. The second-order valence-electron chi connectivity index (χ2n) is 6.05. The number of benzene rings is 1. The topological polar surface area (TPSA) is 112 Å². The van der Waals surface area contributed by atoms with E-state index in [1.807, 2.05) is 18.2 Å². The summed E-state index contributed by atoms with van der Waals surface area (Å²) in [5.41, 5.74) is 0.613. The Morgan fingerprint density at radius 1 is 1.28 bits per heavy atom. The van der Waals surface area contributed by atoms with Crippen molar-refractivity contribution in [3.05, 3.63) is 53.5 Å². The Morgan fingerprint density at radius 3 is 2.76 bits per heavy atom. The molecule has 0 spiro atoms. The molecule has 1 saturated carbocycles. The maximum atomic E-state index is 12.4. The first-order valence-corrected chi connectivity index (χ1v) is 8.11. The minimum Gasteiger partial charge on any atom is -0.423 e. The van der Waals surface area contributed by atoms with E-state index in [1.54, 1.807) is 19.1 Å². The van der Waals surface area contributed by atoms with Crippen LogP contribution in [0.15, 0.2) is 34.7 Å². The molecule has 1 aliphatic rings. The van der Waals surface area contributed by atoms with Crippen LogP contribution in [-0.2, 0) is 6.54 Å². The van der Waals surface area contributed by atoms with Crippen LogP contribution in [0.1, 0.15) is 46.8 Å². The van der Waals surface area contributed by atoms with Gasteiger partial charge in [-0.2, -0.15) is 4.80 Å². The standard InChI is InChI=1S/C16H17N7O2/c1-10-18-19-13(25-10)9-23-21-15(20-22-23)14(11-7-8-11)17-16(24)12-5-3-2-4-6-12/h2-6,11,14H,7-9H2,1H3,(H,17,24)/t14-/m1/s1. The maximum absolute atomic E-state index is 12.4. The highest BCUT2D eigenvalue weighted by Gasteiger charge is 2.36. The van der Waals surface area contributed by atoms with Crippen LogP contribution in [0.4, 0.5) is 0 Å². The van der Waals surface area contributed by atoms with Crippen molar-refractivity contribution in [1.29, 1.82) is 0 Å². The fraction of sp³-hybridized carbons (Fsp3) is 0.375. The van der Waals surface area contributed by atoms with Crippen molar-refractivity contribution >= 4 is 5.91 Å². The molecule has 9 nitrogen and oxygen atoms in total. The van der Waals surface area contributed by atoms with Gasteiger partial charge in [-0.05, 0) is 36.1 Å². The summed E-state index contributed by atoms with van der Waals surface area (Å²) in [6, 6.07) is 8.86. The summed E-state index contributed by atoms with van der Waals surface area (Å²) in [6.07, 6.45) is 2.08. The third-order valence-corrected chi connectivity index (χ3v) is 4.01. The van der Waals surface area contributed by atoms with Crippen molar-refractivity contribution in [2.75, 3.05) is 0 Å². The minimum absolute atomic E-state index is 0.138. The Labute approximate surface area is 143 Å². The van der Waals surface area contributed by atoms with Crippen molar-refractivity contribution < 1.29 is 9.21 Å². The molecule has 1 aliphatic carbocycles. The van der Waals surface area contributed by atoms with E-state index in [1.165, 1.54) is 4.80 Å². The van der Waals surface area contributed by atoms with Crippen molar-refractivity contribution in [2.45, 2.75) is 32.4 Å². The number of hydrogen-bond donors (Lipinski definition) is 1. The Bertz CT molecular complexity index is 870. The van der Waals surface area contributed by atoms with Gasteiger partial charge in [0, 0.05) is 12.5 Å². The predicted molar refractivity (Wildman–Crippen MR) is 85.3 cm³/mol. The van der Waals surface area contributed by atoms with E-state index >= 15 is 0 Å². The summed E-state index contributed by atoms with van der Waals surface area (Å²) in [5, 5.41) is 23.2. The number of carbonyl (C=O) groups excluding carboxylic acids is 1. The Balaban J connectivity index is 1.49. The van der Waals surface area contributed by atoms with E-state index in [9.17, 15) is 4.79 Å². The molecule has 25 heavy (non-hydrogen) atoms. The monoisotopic (exact) mass is 339 g/mol. The van der Waals surface area contributed by atoms with Gasteiger partial charge in [0.25, 0.3) is 5.91 Å². The average Bonchev–Trinajstić information content (AvgIpc) is 3.23.